The van der Waals surface area contributed by atoms with Gasteiger partial charge in [0.05, 0.1) is 6.42 Å². The molecule has 0 radical (unpaired) electrons. The van der Waals surface area contributed by atoms with Gasteiger partial charge in [0.1, 0.15) is 18.8 Å². The Hall–Kier alpha value is -3.82. The van der Waals surface area contributed by atoms with Gasteiger partial charge >= 0.3 is 17.8 Å². The Morgan fingerprint density at radius 2 is 1.59 bits per heavy atom. The molecule has 0 unspecified atom stereocenters. The molecule has 0 bridgehead atoms. The van der Waals surface area contributed by atoms with Gasteiger partial charge in [-0.05, 0) is 17.4 Å². The third-order valence-electron chi connectivity index (χ3n) is 4.70. The van der Waals surface area contributed by atoms with Crippen LogP contribution in [0.4, 0.5) is 10.1 Å². The molecule has 2 aromatic carbocycles. The average molecular weight is 445 g/mol. The molecule has 3 amide bonds. The Bertz CT molecular complexity index is 1030. The monoisotopic (exact) mass is 445 g/mol. The Kier molecular flexibility index (Phi) is 8.39. The highest BCUT2D eigenvalue weighted by Crippen LogP contribution is 2.22. The largest absolute Gasteiger partial charge is 0.481 e. The zero-order chi connectivity index (χ0) is 23.8. The summed E-state index contributed by atoms with van der Waals surface area (Å²) in [4.78, 5) is 59.9. The molecule has 9 nitrogen and oxygen atoms in total. The number of Topliss-reactive ketones (excluding diaryl/α,β-unsaturated/α-hetero) is 1. The molecular formula is C22H24FN3O6. The fourth-order valence-electron chi connectivity index (χ4n) is 3.03. The summed E-state index contributed by atoms with van der Waals surface area (Å²) in [5.41, 5.74) is 0.406. The van der Waals surface area contributed by atoms with Crippen LogP contribution >= 0.6 is 0 Å². The summed E-state index contributed by atoms with van der Waals surface area (Å²) in [7, 11) is 0. The summed E-state index contributed by atoms with van der Waals surface area (Å²) in [6, 6.07) is 9.56. The molecule has 2 aromatic rings. The Balaban J connectivity index is 2.11. The van der Waals surface area contributed by atoms with Crippen LogP contribution in [0.5, 0.6) is 0 Å². The number of amides is 3. The lowest BCUT2D eigenvalue weighted by atomic mass is 10.0. The van der Waals surface area contributed by atoms with Gasteiger partial charge in [0.25, 0.3) is 0 Å². The van der Waals surface area contributed by atoms with Gasteiger partial charge in [-0.2, -0.15) is 0 Å². The predicted octanol–water partition coefficient (Wildman–Crippen LogP) is 1.42. The number of hydrogen-bond acceptors (Lipinski definition) is 5. The summed E-state index contributed by atoms with van der Waals surface area (Å²) in [5.74, 6) is -6.05. The van der Waals surface area contributed by atoms with Crippen molar-refractivity contribution in [2.75, 3.05) is 12.0 Å². The van der Waals surface area contributed by atoms with Gasteiger partial charge in [0.15, 0.2) is 5.78 Å². The van der Waals surface area contributed by atoms with E-state index in [9.17, 15) is 28.4 Å². The molecule has 0 saturated heterocycles. The molecule has 2 rings (SSSR count). The Morgan fingerprint density at radius 1 is 0.938 bits per heavy atom. The maximum absolute atomic E-state index is 12.7. The van der Waals surface area contributed by atoms with E-state index < -0.39 is 60.6 Å². The average Bonchev–Trinajstić information content (AvgIpc) is 2.75. The van der Waals surface area contributed by atoms with E-state index in [1.165, 1.54) is 0 Å². The number of ketones is 1. The van der Waals surface area contributed by atoms with Crippen molar-refractivity contribution in [3.8, 4) is 0 Å². The highest BCUT2D eigenvalue weighted by molar-refractivity contribution is 6.40. The molecule has 0 aliphatic carbocycles. The lowest BCUT2D eigenvalue weighted by molar-refractivity contribution is -0.141. The second kappa shape index (κ2) is 11.0. The number of hydrogen-bond donors (Lipinski definition) is 4. The Morgan fingerprint density at radius 3 is 2.22 bits per heavy atom. The van der Waals surface area contributed by atoms with Gasteiger partial charge < -0.3 is 21.1 Å². The van der Waals surface area contributed by atoms with E-state index in [-0.39, 0.29) is 0 Å². The molecule has 0 spiro atoms. The van der Waals surface area contributed by atoms with Crippen LogP contribution in [-0.4, -0.2) is 53.3 Å². The van der Waals surface area contributed by atoms with Crippen LogP contribution in [0.1, 0.15) is 20.3 Å². The first kappa shape index (κ1) is 24.4. The molecule has 10 heteroatoms. The SMILES string of the molecule is CC(C)[C@H](NC(=O)C(=O)Nc1cccc2ccccc12)C(=O)N[C@@H](CC(=O)O)C(=O)CF. The van der Waals surface area contributed by atoms with Crippen LogP contribution in [0, 0.1) is 5.92 Å². The predicted molar refractivity (Wildman–Crippen MR) is 115 cm³/mol. The van der Waals surface area contributed by atoms with Crippen molar-refractivity contribution in [1.82, 2.24) is 10.6 Å². The molecule has 0 fully saturated rings. The standard InChI is InChI=1S/C22H24FN3O6/c1-12(2)19(20(30)25-16(10-18(28)29)17(27)11-23)26-22(32)21(31)24-15-9-5-7-13-6-3-4-8-14(13)15/h3-9,12,16,19H,10-11H2,1-2H3,(H,24,31)(H,25,30)(H,26,32)(H,28,29)/t16-,19-/m0/s1. The van der Waals surface area contributed by atoms with Crippen molar-refractivity contribution in [1.29, 1.82) is 0 Å². The van der Waals surface area contributed by atoms with Crippen LogP contribution < -0.4 is 16.0 Å². The van der Waals surface area contributed by atoms with E-state index in [1.807, 2.05) is 18.2 Å². The number of carbonyl (C=O) groups excluding carboxylic acids is 4. The number of rotatable bonds is 9. The maximum Gasteiger partial charge on any atom is 0.313 e. The molecule has 170 valence electrons. The van der Waals surface area contributed by atoms with Crippen molar-refractivity contribution >= 4 is 45.9 Å². The second-order valence-corrected chi connectivity index (χ2v) is 7.43. The number of fused-ring (bicyclic) bond motifs is 1. The quantitative estimate of drug-likeness (QED) is 0.430. The molecule has 2 atom stereocenters. The van der Waals surface area contributed by atoms with Gasteiger partial charge in [-0.1, -0.05) is 50.2 Å². The third kappa shape index (κ3) is 6.34. The number of anilines is 1. The van der Waals surface area contributed by atoms with Crippen molar-refractivity contribution < 1.29 is 33.5 Å². The number of benzene rings is 2. The summed E-state index contributed by atoms with van der Waals surface area (Å²) >= 11 is 0. The summed E-state index contributed by atoms with van der Waals surface area (Å²) in [6.45, 7) is 1.71. The summed E-state index contributed by atoms with van der Waals surface area (Å²) < 4.78 is 12.7. The van der Waals surface area contributed by atoms with Crippen LogP contribution in [-0.2, 0) is 24.0 Å². The number of carboxylic acid groups (broad SMARTS) is 1. The first-order valence-corrected chi connectivity index (χ1v) is 9.84. The summed E-state index contributed by atoms with van der Waals surface area (Å²) in [6.07, 6.45) is -0.811. The van der Waals surface area contributed by atoms with E-state index in [1.54, 1.807) is 38.1 Å². The number of halogens is 1. The molecule has 0 saturated carbocycles. The normalized spacial score (nSPS) is 12.6. The first-order valence-electron chi connectivity index (χ1n) is 9.84. The van der Waals surface area contributed by atoms with E-state index in [0.717, 1.165) is 10.8 Å². The molecule has 0 heterocycles. The maximum atomic E-state index is 12.7. The van der Waals surface area contributed by atoms with E-state index >= 15 is 0 Å². The minimum absolute atomic E-state index is 0.406. The van der Waals surface area contributed by atoms with E-state index in [2.05, 4.69) is 16.0 Å². The zero-order valence-corrected chi connectivity index (χ0v) is 17.6. The molecule has 0 aliphatic heterocycles. The first-order chi connectivity index (χ1) is 15.1. The van der Waals surface area contributed by atoms with Crippen molar-refractivity contribution in [2.45, 2.75) is 32.4 Å². The van der Waals surface area contributed by atoms with Crippen LogP contribution in [0.15, 0.2) is 42.5 Å². The number of carboxylic acids is 1. The number of carbonyl (C=O) groups is 5. The minimum Gasteiger partial charge on any atom is -0.481 e. The van der Waals surface area contributed by atoms with E-state index in [4.69, 9.17) is 5.11 Å². The Labute approximate surface area is 183 Å². The van der Waals surface area contributed by atoms with Crippen LogP contribution in [0.2, 0.25) is 0 Å². The smallest absolute Gasteiger partial charge is 0.313 e. The molecular weight excluding hydrogens is 421 g/mol. The minimum atomic E-state index is -1.59. The highest BCUT2D eigenvalue weighted by atomic mass is 19.1. The number of nitrogens with one attached hydrogen (secondary N) is 3. The number of aliphatic carboxylic acids is 1. The van der Waals surface area contributed by atoms with E-state index in [0.29, 0.717) is 5.69 Å². The van der Waals surface area contributed by atoms with Crippen molar-refractivity contribution in [3.05, 3.63) is 42.5 Å². The molecule has 4 N–H and O–H groups in total. The third-order valence-corrected chi connectivity index (χ3v) is 4.70. The van der Waals surface area contributed by atoms with Crippen LogP contribution in [0.3, 0.4) is 0 Å². The van der Waals surface area contributed by atoms with Gasteiger partial charge in [-0.15, -0.1) is 0 Å². The van der Waals surface area contributed by atoms with Crippen molar-refractivity contribution in [2.24, 2.45) is 5.92 Å². The summed E-state index contributed by atoms with van der Waals surface area (Å²) in [5, 5.41) is 17.4. The van der Waals surface area contributed by atoms with Crippen LogP contribution in [0.25, 0.3) is 10.8 Å². The van der Waals surface area contributed by atoms with Gasteiger partial charge in [0.2, 0.25) is 5.91 Å². The van der Waals surface area contributed by atoms with Gasteiger partial charge in [0, 0.05) is 11.1 Å². The van der Waals surface area contributed by atoms with Gasteiger partial charge in [-0.3, -0.25) is 24.0 Å². The van der Waals surface area contributed by atoms with Crippen molar-refractivity contribution in [3.63, 3.8) is 0 Å². The second-order valence-electron chi connectivity index (χ2n) is 7.43. The molecule has 32 heavy (non-hydrogen) atoms. The number of alkyl halides is 1. The fraction of sp³-hybridized carbons (Fsp3) is 0.318. The zero-order valence-electron chi connectivity index (χ0n) is 17.6. The van der Waals surface area contributed by atoms with Gasteiger partial charge in [-0.25, -0.2) is 4.39 Å². The highest BCUT2D eigenvalue weighted by Gasteiger charge is 2.31. The lowest BCUT2D eigenvalue weighted by Crippen LogP contribution is -2.55. The topological polar surface area (TPSA) is 142 Å². The lowest BCUT2D eigenvalue weighted by Gasteiger charge is -2.24. The molecule has 0 aliphatic rings. The molecule has 0 aromatic heterocycles. The fourth-order valence-corrected chi connectivity index (χ4v) is 3.03.